The Morgan fingerprint density at radius 2 is 1.75 bits per heavy atom. The summed E-state index contributed by atoms with van der Waals surface area (Å²) in [5.41, 5.74) is 8.17. The zero-order valence-corrected chi connectivity index (χ0v) is 15.2. The third-order valence-corrected chi connectivity index (χ3v) is 4.67. The molecule has 2 aromatic heterocycles. The smallest absolute Gasteiger partial charge is 0.288 e. The first-order valence-corrected chi connectivity index (χ1v) is 9.21. The molecule has 4 rings (SSSR count). The van der Waals surface area contributed by atoms with Gasteiger partial charge in [0.1, 0.15) is 5.69 Å². The summed E-state index contributed by atoms with van der Waals surface area (Å²) in [7, 11) is 0. The molecule has 0 bridgehead atoms. The molecule has 2 amide bonds. The number of H-pyrrole nitrogens is 1. The molecular formula is C22H20N4O2. The van der Waals surface area contributed by atoms with Crippen molar-refractivity contribution in [1.29, 1.82) is 0 Å². The summed E-state index contributed by atoms with van der Waals surface area (Å²) in [5, 5.41) is 2.14. The molecule has 4 aromatic rings. The number of hydrogen-bond donors (Lipinski definition) is 3. The number of carbonyl (C=O) groups excluding carboxylic acids is 2. The molecule has 3 N–H and O–H groups in total. The number of aromatic amines is 1. The number of aromatic nitrogens is 2. The van der Waals surface area contributed by atoms with Crippen LogP contribution in [0.4, 0.5) is 0 Å². The minimum Gasteiger partial charge on any atom is -0.361 e. The van der Waals surface area contributed by atoms with Crippen LogP contribution in [0.5, 0.6) is 0 Å². The van der Waals surface area contributed by atoms with Gasteiger partial charge in [-0.2, -0.15) is 0 Å². The molecule has 0 radical (unpaired) electrons. The van der Waals surface area contributed by atoms with Crippen molar-refractivity contribution < 1.29 is 9.59 Å². The lowest BCUT2D eigenvalue weighted by molar-refractivity contribution is -0.121. The number of hydrogen-bond acceptors (Lipinski definition) is 3. The average molecular weight is 372 g/mol. The summed E-state index contributed by atoms with van der Waals surface area (Å²) in [6.07, 6.45) is 3.79. The van der Waals surface area contributed by atoms with Gasteiger partial charge in [-0.05, 0) is 36.6 Å². The third kappa shape index (κ3) is 3.86. The Balaban J connectivity index is 1.27. The number of nitrogens with zero attached hydrogens (tertiary/aromatic N) is 1. The van der Waals surface area contributed by atoms with E-state index < -0.39 is 5.91 Å². The van der Waals surface area contributed by atoms with Crippen LogP contribution in [0.15, 0.2) is 66.9 Å². The van der Waals surface area contributed by atoms with E-state index in [1.54, 1.807) is 6.07 Å². The van der Waals surface area contributed by atoms with Crippen LogP contribution in [0.2, 0.25) is 0 Å². The number of aryl methyl sites for hydroxylation is 1. The summed E-state index contributed by atoms with van der Waals surface area (Å²) in [4.78, 5) is 31.8. The predicted octanol–water partition coefficient (Wildman–Crippen LogP) is 3.50. The van der Waals surface area contributed by atoms with E-state index in [9.17, 15) is 9.59 Å². The number of rotatable bonds is 5. The van der Waals surface area contributed by atoms with Crippen molar-refractivity contribution >= 4 is 33.6 Å². The van der Waals surface area contributed by atoms with Gasteiger partial charge in [0.25, 0.3) is 5.91 Å². The van der Waals surface area contributed by atoms with Crippen molar-refractivity contribution in [2.75, 3.05) is 0 Å². The molecule has 0 saturated carbocycles. The molecule has 0 saturated heterocycles. The van der Waals surface area contributed by atoms with Crippen molar-refractivity contribution in [2.45, 2.75) is 19.3 Å². The summed E-state index contributed by atoms with van der Waals surface area (Å²) >= 11 is 0. The van der Waals surface area contributed by atoms with Crippen LogP contribution in [-0.4, -0.2) is 21.8 Å². The van der Waals surface area contributed by atoms with Crippen LogP contribution in [0, 0.1) is 0 Å². The normalized spacial score (nSPS) is 10.9. The van der Waals surface area contributed by atoms with Crippen LogP contribution in [-0.2, 0) is 11.2 Å². The van der Waals surface area contributed by atoms with Gasteiger partial charge in [-0.1, -0.05) is 42.5 Å². The van der Waals surface area contributed by atoms with E-state index in [1.165, 1.54) is 10.9 Å². The second-order valence-electron chi connectivity index (χ2n) is 6.60. The topological polar surface area (TPSA) is 86.9 Å². The van der Waals surface area contributed by atoms with Crippen LogP contribution < -0.4 is 10.9 Å². The Morgan fingerprint density at radius 3 is 2.68 bits per heavy atom. The minimum atomic E-state index is -0.435. The standard InChI is InChI=1S/C22H20N4O2/c27-21(11-5-7-16-14-23-19-10-4-2-8-17(16)19)25-26-22(28)20-13-12-15-6-1-3-9-18(15)24-20/h1-4,6,8-10,12-14,23H,5,7,11H2,(H,25,27)(H,26,28). The van der Waals surface area contributed by atoms with Gasteiger partial charge in [-0.15, -0.1) is 0 Å². The van der Waals surface area contributed by atoms with E-state index in [2.05, 4.69) is 26.9 Å². The number of amides is 2. The number of carbonyl (C=O) groups is 2. The van der Waals surface area contributed by atoms with Gasteiger partial charge in [0.2, 0.25) is 5.91 Å². The summed E-state index contributed by atoms with van der Waals surface area (Å²) < 4.78 is 0. The van der Waals surface area contributed by atoms with Gasteiger partial charge in [0.05, 0.1) is 5.52 Å². The Labute approximate surface area is 161 Å². The molecule has 0 spiro atoms. The molecule has 0 aliphatic heterocycles. The lowest BCUT2D eigenvalue weighted by atomic mass is 10.1. The van der Waals surface area contributed by atoms with Crippen molar-refractivity contribution in [1.82, 2.24) is 20.8 Å². The highest BCUT2D eigenvalue weighted by Gasteiger charge is 2.10. The lowest BCUT2D eigenvalue weighted by Gasteiger charge is -2.07. The van der Waals surface area contributed by atoms with Gasteiger partial charge < -0.3 is 4.98 Å². The van der Waals surface area contributed by atoms with Crippen molar-refractivity contribution in [3.05, 3.63) is 78.1 Å². The molecule has 2 aromatic carbocycles. The average Bonchev–Trinajstić information content (AvgIpc) is 3.15. The summed E-state index contributed by atoms with van der Waals surface area (Å²) in [6.45, 7) is 0. The van der Waals surface area contributed by atoms with E-state index in [0.717, 1.165) is 22.8 Å². The van der Waals surface area contributed by atoms with E-state index in [0.29, 0.717) is 12.8 Å². The quantitative estimate of drug-likeness (QED) is 0.469. The number of benzene rings is 2. The maximum Gasteiger partial charge on any atom is 0.288 e. The highest BCUT2D eigenvalue weighted by molar-refractivity contribution is 5.95. The number of hydrazine groups is 1. The van der Waals surface area contributed by atoms with Crippen LogP contribution >= 0.6 is 0 Å². The fourth-order valence-electron chi connectivity index (χ4n) is 3.22. The van der Waals surface area contributed by atoms with Crippen LogP contribution in [0.25, 0.3) is 21.8 Å². The van der Waals surface area contributed by atoms with Gasteiger partial charge in [0, 0.05) is 28.9 Å². The zero-order valence-electron chi connectivity index (χ0n) is 15.2. The third-order valence-electron chi connectivity index (χ3n) is 4.67. The first kappa shape index (κ1) is 17.7. The lowest BCUT2D eigenvalue weighted by Crippen LogP contribution is -2.41. The summed E-state index contributed by atoms with van der Waals surface area (Å²) in [5.74, 6) is -0.662. The van der Waals surface area contributed by atoms with Crippen LogP contribution in [0.1, 0.15) is 28.9 Å². The zero-order chi connectivity index (χ0) is 19.3. The molecule has 2 heterocycles. The molecule has 140 valence electrons. The second kappa shape index (κ2) is 7.92. The predicted molar refractivity (Wildman–Crippen MR) is 109 cm³/mol. The fourth-order valence-corrected chi connectivity index (χ4v) is 3.22. The minimum absolute atomic E-state index is 0.228. The molecule has 0 atom stereocenters. The second-order valence-corrected chi connectivity index (χ2v) is 6.60. The van der Waals surface area contributed by atoms with E-state index in [4.69, 9.17) is 0 Å². The Bertz CT molecular complexity index is 1150. The summed E-state index contributed by atoms with van der Waals surface area (Å²) in [6, 6.07) is 19.1. The largest absolute Gasteiger partial charge is 0.361 e. The molecule has 0 aliphatic rings. The van der Waals surface area contributed by atoms with Crippen molar-refractivity contribution in [2.24, 2.45) is 0 Å². The maximum atomic E-state index is 12.2. The molecular weight excluding hydrogens is 352 g/mol. The first-order valence-electron chi connectivity index (χ1n) is 9.21. The van der Waals surface area contributed by atoms with E-state index in [1.807, 2.05) is 54.7 Å². The molecule has 0 aliphatic carbocycles. The van der Waals surface area contributed by atoms with Gasteiger partial charge in [-0.3, -0.25) is 20.4 Å². The molecule has 28 heavy (non-hydrogen) atoms. The number of pyridine rings is 1. The Morgan fingerprint density at radius 1 is 0.929 bits per heavy atom. The maximum absolute atomic E-state index is 12.2. The Kier molecular flexibility index (Phi) is 5.01. The van der Waals surface area contributed by atoms with Gasteiger partial charge in [-0.25, -0.2) is 4.98 Å². The first-order chi connectivity index (χ1) is 13.7. The highest BCUT2D eigenvalue weighted by Crippen LogP contribution is 2.19. The molecule has 0 fully saturated rings. The molecule has 6 heteroatoms. The van der Waals surface area contributed by atoms with E-state index >= 15 is 0 Å². The van der Waals surface area contributed by atoms with Crippen molar-refractivity contribution in [3.8, 4) is 0 Å². The van der Waals surface area contributed by atoms with Gasteiger partial charge >= 0.3 is 0 Å². The van der Waals surface area contributed by atoms with E-state index in [-0.39, 0.29) is 11.6 Å². The fraction of sp³-hybridized carbons (Fsp3) is 0.136. The number of fused-ring (bicyclic) bond motifs is 2. The van der Waals surface area contributed by atoms with Crippen LogP contribution in [0.3, 0.4) is 0 Å². The monoisotopic (exact) mass is 372 g/mol. The molecule has 0 unspecified atom stereocenters. The SMILES string of the molecule is O=C(CCCc1c[nH]c2ccccc12)NNC(=O)c1ccc2ccccc2n1. The molecule has 6 nitrogen and oxygen atoms in total. The van der Waals surface area contributed by atoms with Crippen molar-refractivity contribution in [3.63, 3.8) is 0 Å². The highest BCUT2D eigenvalue weighted by atomic mass is 16.2. The Hall–Kier alpha value is -3.67. The number of para-hydroxylation sites is 2. The van der Waals surface area contributed by atoms with Gasteiger partial charge in [0.15, 0.2) is 0 Å². The number of nitrogens with one attached hydrogen (secondary N) is 3.